The summed E-state index contributed by atoms with van der Waals surface area (Å²) >= 11 is 0. The molecule has 5 rings (SSSR count). The second-order valence-electron chi connectivity index (χ2n) is 11.0. The molecule has 1 saturated heterocycles. The number of carbonyl (C=O) groups excluding carboxylic acids is 1. The van der Waals surface area contributed by atoms with E-state index >= 15 is 0 Å². The fourth-order valence-electron chi connectivity index (χ4n) is 5.43. The Morgan fingerprint density at radius 2 is 2.00 bits per heavy atom. The highest BCUT2D eigenvalue weighted by atomic mass is 32.2. The van der Waals surface area contributed by atoms with Gasteiger partial charge in [0.15, 0.2) is 9.84 Å². The van der Waals surface area contributed by atoms with Crippen LogP contribution >= 0.6 is 0 Å². The number of rotatable bonds is 5. The molecular weight excluding hydrogens is 571 g/mol. The van der Waals surface area contributed by atoms with Crippen LogP contribution < -0.4 is 15.0 Å². The number of ether oxygens (including phenoxy) is 1. The Morgan fingerprint density at radius 3 is 2.71 bits per heavy atom. The minimum absolute atomic E-state index is 0.0691. The van der Waals surface area contributed by atoms with E-state index in [1.807, 2.05) is 11.9 Å². The first kappa shape index (κ1) is 29.7. The molecule has 9 nitrogen and oxygen atoms in total. The van der Waals surface area contributed by atoms with Crippen LogP contribution in [0.2, 0.25) is 0 Å². The van der Waals surface area contributed by atoms with Gasteiger partial charge in [0.25, 0.3) is 5.91 Å². The first-order chi connectivity index (χ1) is 19.8. The molecule has 1 amide bonds. The van der Waals surface area contributed by atoms with Crippen molar-refractivity contribution in [2.24, 2.45) is 5.92 Å². The van der Waals surface area contributed by atoms with Crippen molar-refractivity contribution in [2.75, 3.05) is 51.0 Å². The molecule has 13 heteroatoms. The Hall–Kier alpha value is -3.76. The Labute approximate surface area is 242 Å². The summed E-state index contributed by atoms with van der Waals surface area (Å²) in [5, 5.41) is 3.07. The Bertz CT molecular complexity index is 1680. The summed E-state index contributed by atoms with van der Waals surface area (Å²) in [6, 6.07) is 7.68. The van der Waals surface area contributed by atoms with E-state index in [4.69, 9.17) is 4.74 Å². The first-order valence-electron chi connectivity index (χ1n) is 13.5. The summed E-state index contributed by atoms with van der Waals surface area (Å²) in [7, 11) is -1.38. The first-order valence-corrected chi connectivity index (χ1v) is 15.4. The van der Waals surface area contributed by atoms with Gasteiger partial charge in [0.2, 0.25) is 0 Å². The Morgan fingerprint density at radius 1 is 1.21 bits per heavy atom. The van der Waals surface area contributed by atoms with Crippen LogP contribution in [-0.4, -0.2) is 87.1 Å². The van der Waals surface area contributed by atoms with Crippen molar-refractivity contribution in [3.05, 3.63) is 47.8 Å². The lowest BCUT2D eigenvalue weighted by atomic mass is 9.93. The molecule has 2 aliphatic rings. The maximum atomic E-state index is 13.4. The van der Waals surface area contributed by atoms with Crippen molar-refractivity contribution in [1.29, 1.82) is 0 Å². The molecule has 42 heavy (non-hydrogen) atoms. The summed E-state index contributed by atoms with van der Waals surface area (Å²) < 4.78 is 70.4. The molecule has 1 fully saturated rings. The van der Waals surface area contributed by atoms with Crippen molar-refractivity contribution >= 4 is 32.5 Å². The van der Waals surface area contributed by atoms with E-state index in [1.165, 1.54) is 18.2 Å². The van der Waals surface area contributed by atoms with Crippen LogP contribution in [0.25, 0.3) is 11.0 Å². The minimum atomic E-state index is -4.47. The number of aromatic nitrogens is 2. The number of halogens is 3. The molecule has 2 atom stereocenters. The van der Waals surface area contributed by atoms with E-state index in [2.05, 4.69) is 34.0 Å². The lowest BCUT2D eigenvalue weighted by Crippen LogP contribution is -2.48. The number of piperidine rings is 1. The highest BCUT2D eigenvalue weighted by Crippen LogP contribution is 2.33. The van der Waals surface area contributed by atoms with Gasteiger partial charge in [-0.05, 0) is 50.2 Å². The summed E-state index contributed by atoms with van der Waals surface area (Å²) in [5.41, 5.74) is 1.61. The zero-order valence-corrected chi connectivity index (χ0v) is 24.3. The van der Waals surface area contributed by atoms with Gasteiger partial charge in [0, 0.05) is 30.5 Å². The van der Waals surface area contributed by atoms with Crippen molar-refractivity contribution in [2.45, 2.75) is 37.0 Å². The number of amides is 1. The minimum Gasteiger partial charge on any atom is -0.490 e. The van der Waals surface area contributed by atoms with Crippen LogP contribution in [0, 0.1) is 17.8 Å². The largest absolute Gasteiger partial charge is 0.490 e. The third-order valence-corrected chi connectivity index (χ3v) is 8.68. The van der Waals surface area contributed by atoms with Crippen LogP contribution in [0.4, 0.5) is 18.9 Å². The van der Waals surface area contributed by atoms with E-state index < -0.39 is 28.5 Å². The lowest BCUT2D eigenvalue weighted by Gasteiger charge is -2.35. The molecular formula is C29H32F3N5O4S. The topological polar surface area (TPSA) is 96.8 Å². The van der Waals surface area contributed by atoms with Gasteiger partial charge >= 0.3 is 6.18 Å². The summed E-state index contributed by atoms with van der Waals surface area (Å²) in [5.74, 6) is 6.31. The molecule has 1 N–H and O–H groups in total. The molecule has 0 saturated carbocycles. The number of likely N-dealkylation sites (tertiary alicyclic amines) is 1. The molecule has 0 unspecified atom stereocenters. The summed E-state index contributed by atoms with van der Waals surface area (Å²) in [4.78, 5) is 21.9. The van der Waals surface area contributed by atoms with Crippen LogP contribution in [0.15, 0.2) is 41.6 Å². The second kappa shape index (κ2) is 11.5. The number of sulfone groups is 1. The van der Waals surface area contributed by atoms with Crippen molar-refractivity contribution < 1.29 is 31.1 Å². The van der Waals surface area contributed by atoms with Crippen LogP contribution in [0.5, 0.6) is 5.75 Å². The zero-order valence-electron chi connectivity index (χ0n) is 23.5. The van der Waals surface area contributed by atoms with E-state index in [0.29, 0.717) is 30.2 Å². The van der Waals surface area contributed by atoms with Gasteiger partial charge in [-0.1, -0.05) is 18.8 Å². The average Bonchev–Trinajstić information content (AvgIpc) is 3.30. The highest BCUT2D eigenvalue weighted by molar-refractivity contribution is 7.90. The maximum Gasteiger partial charge on any atom is 0.406 e. The Kier molecular flexibility index (Phi) is 8.13. The van der Waals surface area contributed by atoms with Crippen molar-refractivity contribution in [3.8, 4) is 17.6 Å². The number of anilines is 1. The van der Waals surface area contributed by atoms with Crippen LogP contribution in [0.3, 0.4) is 0 Å². The van der Waals surface area contributed by atoms with Crippen molar-refractivity contribution in [3.63, 3.8) is 0 Å². The van der Waals surface area contributed by atoms with E-state index in [9.17, 15) is 26.4 Å². The number of nitrogens with one attached hydrogen (secondary N) is 1. The van der Waals surface area contributed by atoms with E-state index in [-0.39, 0.29) is 40.0 Å². The maximum absolute atomic E-state index is 13.4. The number of hydrogen-bond acceptors (Lipinski definition) is 7. The summed E-state index contributed by atoms with van der Waals surface area (Å²) in [6.45, 7) is 3.57. The third kappa shape index (κ3) is 6.65. The van der Waals surface area contributed by atoms with Crippen molar-refractivity contribution in [1.82, 2.24) is 19.8 Å². The highest BCUT2D eigenvalue weighted by Gasteiger charge is 2.30. The van der Waals surface area contributed by atoms with Gasteiger partial charge in [-0.25, -0.2) is 13.4 Å². The van der Waals surface area contributed by atoms with Gasteiger partial charge in [-0.3, -0.25) is 4.79 Å². The number of fused-ring (bicyclic) bond motifs is 2. The third-order valence-electron chi connectivity index (χ3n) is 7.57. The number of hydrogen-bond donors (Lipinski definition) is 1. The molecule has 3 heterocycles. The number of benzene rings is 2. The van der Waals surface area contributed by atoms with Gasteiger partial charge in [-0.15, -0.1) is 0 Å². The number of carbonyl (C=O) groups is 1. The predicted molar refractivity (Wildman–Crippen MR) is 152 cm³/mol. The van der Waals surface area contributed by atoms with Gasteiger partial charge in [0.05, 0.1) is 41.1 Å². The molecule has 0 radical (unpaired) electrons. The van der Waals surface area contributed by atoms with E-state index in [1.54, 1.807) is 12.1 Å². The van der Waals surface area contributed by atoms with Gasteiger partial charge in [-0.2, -0.15) is 13.2 Å². The molecule has 2 aliphatic heterocycles. The monoisotopic (exact) mass is 603 g/mol. The lowest BCUT2D eigenvalue weighted by molar-refractivity contribution is -0.139. The number of nitrogens with zero attached hydrogens (tertiary/aromatic N) is 4. The molecule has 0 aliphatic carbocycles. The smallest absolute Gasteiger partial charge is 0.406 e. The molecule has 0 bridgehead atoms. The van der Waals surface area contributed by atoms with Gasteiger partial charge < -0.3 is 24.4 Å². The molecule has 2 aromatic carbocycles. The fraction of sp³-hybridized carbons (Fsp3) is 0.448. The van der Waals surface area contributed by atoms with Crippen LogP contribution in [-0.2, 0) is 16.4 Å². The van der Waals surface area contributed by atoms with Gasteiger partial charge in [0.1, 0.15) is 24.4 Å². The normalized spacial score (nSPS) is 19.5. The predicted octanol–water partition coefficient (Wildman–Crippen LogP) is 3.32. The summed E-state index contributed by atoms with van der Waals surface area (Å²) in [6.07, 6.45) is -1.48. The molecule has 224 valence electrons. The Balaban J connectivity index is 1.44. The number of imidazole rings is 1. The quantitative estimate of drug-likeness (QED) is 0.447. The van der Waals surface area contributed by atoms with Crippen LogP contribution in [0.1, 0.15) is 29.3 Å². The molecule has 1 aromatic heterocycles. The zero-order chi connectivity index (χ0) is 30.2. The second-order valence-corrected chi connectivity index (χ2v) is 13.0. The molecule has 0 spiro atoms. The van der Waals surface area contributed by atoms with E-state index in [0.717, 1.165) is 36.7 Å². The SMILES string of the molecule is C[C@H]1CN(C)CC[C@@H]1NC(=O)c1cc(C#CCN2CCOc3cc(S(C)(=O)=O)ccc32)cc2c1ncn2CC(F)(F)F. The molecule has 3 aromatic rings. The standard InChI is InChI=1S/C29H32F3N5O4S/c1-19-16-35(2)10-8-23(19)34-28(38)22-13-20(14-25-27(22)33-18-37(25)17-29(30,31)32)5-4-9-36-11-12-41-26-15-21(42(3,39)40)6-7-24(26)36/h6-7,13-15,18-19,23H,8-12,16-17H2,1-3H3,(H,34,38)/t19-,23-/m0/s1. The number of alkyl halides is 3. The average molecular weight is 604 g/mol. The fourth-order valence-corrected chi connectivity index (χ4v) is 6.07.